The van der Waals surface area contributed by atoms with Gasteiger partial charge in [0.1, 0.15) is 0 Å². The van der Waals surface area contributed by atoms with Crippen LogP contribution in [0.1, 0.15) is 13.8 Å². The number of hydrogen-bond acceptors (Lipinski definition) is 2. The first kappa shape index (κ1) is 13.0. The zero-order valence-corrected chi connectivity index (χ0v) is 10.4. The maximum Gasteiger partial charge on any atom is 0.317 e. The van der Waals surface area contributed by atoms with E-state index in [-0.39, 0.29) is 6.03 Å². The summed E-state index contributed by atoms with van der Waals surface area (Å²) in [5.74, 6) is 0.506. The molecule has 16 heavy (non-hydrogen) atoms. The van der Waals surface area contributed by atoms with Crippen molar-refractivity contribution < 1.29 is 4.79 Å². The van der Waals surface area contributed by atoms with E-state index < -0.39 is 0 Å². The van der Waals surface area contributed by atoms with Crippen molar-refractivity contribution in [3.63, 3.8) is 0 Å². The van der Waals surface area contributed by atoms with Crippen molar-refractivity contribution in [1.29, 1.82) is 0 Å². The third-order valence-electron chi connectivity index (χ3n) is 2.71. The van der Waals surface area contributed by atoms with Gasteiger partial charge < -0.3 is 10.2 Å². The summed E-state index contributed by atoms with van der Waals surface area (Å²) in [5.41, 5.74) is 0. The quantitative estimate of drug-likeness (QED) is 0.729. The highest BCUT2D eigenvalue weighted by Crippen LogP contribution is 2.02. The van der Waals surface area contributed by atoms with Crippen molar-refractivity contribution in [3.05, 3.63) is 12.7 Å². The summed E-state index contributed by atoms with van der Waals surface area (Å²) < 4.78 is 0. The third kappa shape index (κ3) is 4.23. The number of hydrogen-bond donors (Lipinski definition) is 1. The highest BCUT2D eigenvalue weighted by Gasteiger charge is 2.19. The molecule has 1 aliphatic rings. The number of carbonyl (C=O) groups is 1. The van der Waals surface area contributed by atoms with Crippen molar-refractivity contribution in [2.45, 2.75) is 13.8 Å². The van der Waals surface area contributed by atoms with Gasteiger partial charge in [-0.3, -0.25) is 4.90 Å². The van der Waals surface area contributed by atoms with Crippen LogP contribution in [0, 0.1) is 5.92 Å². The Labute approximate surface area is 98.3 Å². The van der Waals surface area contributed by atoms with E-state index in [4.69, 9.17) is 0 Å². The van der Waals surface area contributed by atoms with E-state index in [0.717, 1.165) is 39.3 Å². The first-order valence-electron chi connectivity index (χ1n) is 5.99. The number of rotatable bonds is 4. The summed E-state index contributed by atoms with van der Waals surface area (Å²) in [6, 6.07) is 0.0759. The zero-order chi connectivity index (χ0) is 12.0. The molecule has 1 fully saturated rings. The predicted molar refractivity (Wildman–Crippen MR) is 66.4 cm³/mol. The van der Waals surface area contributed by atoms with E-state index in [0.29, 0.717) is 5.92 Å². The van der Waals surface area contributed by atoms with Crippen LogP contribution in [0.25, 0.3) is 0 Å². The Bertz CT molecular complexity index is 232. The van der Waals surface area contributed by atoms with E-state index in [2.05, 4.69) is 30.6 Å². The highest BCUT2D eigenvalue weighted by molar-refractivity contribution is 5.74. The summed E-state index contributed by atoms with van der Waals surface area (Å²) in [6.07, 6.45) is 1.91. The van der Waals surface area contributed by atoms with Crippen LogP contribution < -0.4 is 5.32 Å². The molecule has 2 amide bonds. The molecular weight excluding hydrogens is 202 g/mol. The number of amides is 2. The van der Waals surface area contributed by atoms with Crippen molar-refractivity contribution in [2.75, 3.05) is 39.3 Å². The van der Waals surface area contributed by atoms with Gasteiger partial charge in [-0.25, -0.2) is 4.79 Å². The molecule has 0 spiro atoms. The fourth-order valence-corrected chi connectivity index (χ4v) is 1.72. The van der Waals surface area contributed by atoms with Gasteiger partial charge >= 0.3 is 6.03 Å². The van der Waals surface area contributed by atoms with Gasteiger partial charge in [0.15, 0.2) is 0 Å². The minimum absolute atomic E-state index is 0.0759. The largest absolute Gasteiger partial charge is 0.338 e. The lowest BCUT2D eigenvalue weighted by molar-refractivity contribution is 0.146. The van der Waals surface area contributed by atoms with Crippen LogP contribution in [0.15, 0.2) is 12.7 Å². The molecule has 0 saturated carbocycles. The van der Waals surface area contributed by atoms with Crippen molar-refractivity contribution in [1.82, 2.24) is 15.1 Å². The first-order chi connectivity index (χ1) is 7.63. The molecule has 0 unspecified atom stereocenters. The molecule has 0 aromatic carbocycles. The number of urea groups is 1. The lowest BCUT2D eigenvalue weighted by Gasteiger charge is -2.34. The molecule has 0 aromatic heterocycles. The molecule has 1 heterocycles. The van der Waals surface area contributed by atoms with Gasteiger partial charge in [-0.2, -0.15) is 0 Å². The Morgan fingerprint density at radius 2 is 2.00 bits per heavy atom. The molecule has 92 valence electrons. The van der Waals surface area contributed by atoms with Crippen LogP contribution in [0.3, 0.4) is 0 Å². The monoisotopic (exact) mass is 225 g/mol. The minimum Gasteiger partial charge on any atom is -0.338 e. The number of nitrogens with one attached hydrogen (secondary N) is 1. The Morgan fingerprint density at radius 1 is 1.38 bits per heavy atom. The molecule has 0 bridgehead atoms. The van der Waals surface area contributed by atoms with Crippen LogP contribution in [0.4, 0.5) is 4.79 Å². The summed E-state index contributed by atoms with van der Waals surface area (Å²) in [6.45, 7) is 13.1. The van der Waals surface area contributed by atoms with Crippen molar-refractivity contribution in [2.24, 2.45) is 5.92 Å². The lowest BCUT2D eigenvalue weighted by atomic mass is 10.2. The first-order valence-corrected chi connectivity index (χ1v) is 5.99. The van der Waals surface area contributed by atoms with Crippen LogP contribution in [-0.2, 0) is 0 Å². The van der Waals surface area contributed by atoms with Gasteiger partial charge in [-0.1, -0.05) is 19.9 Å². The maximum atomic E-state index is 11.7. The topological polar surface area (TPSA) is 35.6 Å². The Kier molecular flexibility index (Phi) is 5.32. The fourth-order valence-electron chi connectivity index (χ4n) is 1.72. The van der Waals surface area contributed by atoms with Crippen LogP contribution in [0.5, 0.6) is 0 Å². The van der Waals surface area contributed by atoms with Crippen LogP contribution in [0.2, 0.25) is 0 Å². The van der Waals surface area contributed by atoms with Crippen LogP contribution >= 0.6 is 0 Å². The third-order valence-corrected chi connectivity index (χ3v) is 2.71. The summed E-state index contributed by atoms with van der Waals surface area (Å²) in [4.78, 5) is 15.9. The van der Waals surface area contributed by atoms with Crippen molar-refractivity contribution in [3.8, 4) is 0 Å². The fraction of sp³-hybridized carbons (Fsp3) is 0.750. The average Bonchev–Trinajstić information content (AvgIpc) is 2.27. The van der Waals surface area contributed by atoms with E-state index in [1.807, 2.05) is 11.0 Å². The Hall–Kier alpha value is -1.03. The molecule has 1 N–H and O–H groups in total. The average molecular weight is 225 g/mol. The molecule has 4 heteroatoms. The summed E-state index contributed by atoms with van der Waals surface area (Å²) >= 11 is 0. The van der Waals surface area contributed by atoms with Gasteiger partial charge in [0.05, 0.1) is 0 Å². The van der Waals surface area contributed by atoms with Gasteiger partial charge in [0.2, 0.25) is 0 Å². The van der Waals surface area contributed by atoms with Crippen molar-refractivity contribution >= 4 is 6.03 Å². The van der Waals surface area contributed by atoms with Gasteiger partial charge in [-0.05, 0) is 5.92 Å². The molecule has 0 radical (unpaired) electrons. The highest BCUT2D eigenvalue weighted by atomic mass is 16.2. The smallest absolute Gasteiger partial charge is 0.317 e. The number of nitrogens with zero attached hydrogens (tertiary/aromatic N) is 2. The van der Waals surface area contributed by atoms with Crippen LogP contribution in [-0.4, -0.2) is 55.1 Å². The second-order valence-corrected chi connectivity index (χ2v) is 4.66. The second kappa shape index (κ2) is 6.53. The molecule has 0 aliphatic carbocycles. The molecule has 4 nitrogen and oxygen atoms in total. The molecule has 1 rings (SSSR count). The van der Waals surface area contributed by atoms with Gasteiger partial charge in [0.25, 0.3) is 0 Å². The number of carbonyl (C=O) groups excluding carboxylic acids is 1. The Balaban J connectivity index is 2.24. The Morgan fingerprint density at radius 3 is 2.50 bits per heavy atom. The van der Waals surface area contributed by atoms with E-state index >= 15 is 0 Å². The van der Waals surface area contributed by atoms with E-state index in [9.17, 15) is 4.79 Å². The van der Waals surface area contributed by atoms with Gasteiger partial charge in [-0.15, -0.1) is 6.58 Å². The molecule has 0 aromatic rings. The maximum absolute atomic E-state index is 11.7. The second-order valence-electron chi connectivity index (χ2n) is 4.66. The van der Waals surface area contributed by atoms with E-state index in [1.54, 1.807) is 0 Å². The molecule has 0 atom stereocenters. The predicted octanol–water partition coefficient (Wildman–Crippen LogP) is 1.16. The molecular formula is C12H23N3O. The standard InChI is InChI=1S/C12H23N3O/c1-4-5-14-6-8-15(9-7-14)12(16)13-10-11(2)3/h4,11H,1,5-10H2,2-3H3,(H,13,16). The zero-order valence-electron chi connectivity index (χ0n) is 10.4. The number of piperazine rings is 1. The minimum atomic E-state index is 0.0759. The van der Waals surface area contributed by atoms with E-state index in [1.165, 1.54) is 0 Å². The SMILES string of the molecule is C=CCN1CCN(C(=O)NCC(C)C)CC1. The summed E-state index contributed by atoms with van der Waals surface area (Å²) in [7, 11) is 0. The van der Waals surface area contributed by atoms with Gasteiger partial charge in [0, 0.05) is 39.3 Å². The normalized spacial score (nSPS) is 17.6. The lowest BCUT2D eigenvalue weighted by Crippen LogP contribution is -2.52. The molecule has 1 saturated heterocycles. The molecule has 1 aliphatic heterocycles. The summed E-state index contributed by atoms with van der Waals surface area (Å²) in [5, 5.41) is 2.95.